The Hall–Kier alpha value is -1.53. The molecule has 0 bridgehead atoms. The van der Waals surface area contributed by atoms with Crippen LogP contribution in [0.4, 0.5) is 0 Å². The number of Topliss-reactive ketones (excluding diaryl/α,β-unsaturated/α-hetero) is 2. The highest BCUT2D eigenvalue weighted by Gasteiger charge is 2.58. The average molecular weight is 459 g/mol. The first-order chi connectivity index (χ1) is 15.7. The van der Waals surface area contributed by atoms with Gasteiger partial charge < -0.3 is 14.6 Å². The van der Waals surface area contributed by atoms with Gasteiger partial charge in [0.05, 0.1) is 12.7 Å². The summed E-state index contributed by atoms with van der Waals surface area (Å²) in [5.41, 5.74) is 1.93. The van der Waals surface area contributed by atoms with Crippen molar-refractivity contribution in [3.05, 3.63) is 11.6 Å². The van der Waals surface area contributed by atoms with Gasteiger partial charge in [-0.05, 0) is 80.0 Å². The van der Waals surface area contributed by atoms with E-state index >= 15 is 0 Å². The van der Waals surface area contributed by atoms with Gasteiger partial charge in [-0.3, -0.25) is 9.59 Å². The van der Waals surface area contributed by atoms with E-state index in [-0.39, 0.29) is 53.9 Å². The molecule has 33 heavy (non-hydrogen) atoms. The van der Waals surface area contributed by atoms with E-state index in [1.807, 2.05) is 0 Å². The molecule has 4 fully saturated rings. The highest BCUT2D eigenvalue weighted by atomic mass is 16.6. The topological polar surface area (TPSA) is 89.9 Å². The number of rotatable bonds is 5. The Morgan fingerprint density at radius 2 is 1.76 bits per heavy atom. The van der Waals surface area contributed by atoms with Gasteiger partial charge in [0.1, 0.15) is 6.61 Å². The van der Waals surface area contributed by atoms with Crippen molar-refractivity contribution in [3.8, 4) is 0 Å². The third-order valence-corrected chi connectivity index (χ3v) is 10.2. The molecule has 0 saturated heterocycles. The molecule has 0 amide bonds. The standard InChI is InChI=1S/C27H38O6/c1-26-11-9-16(14-32-15-24(31)33-25-21(28)6-7-22(25)29)13-17(26)3-4-18-19-5-8-23(30)27(19,2)12-10-20(18)26/h13,16,18-20,23,25,30H,3-12,14-15H2,1-2H3. The average Bonchev–Trinajstić information content (AvgIpc) is 3.26. The van der Waals surface area contributed by atoms with Crippen LogP contribution in [0.25, 0.3) is 0 Å². The minimum Gasteiger partial charge on any atom is -0.445 e. The number of fused-ring (bicyclic) bond motifs is 5. The molecule has 1 N–H and O–H groups in total. The molecule has 0 aromatic carbocycles. The van der Waals surface area contributed by atoms with E-state index in [0.717, 1.165) is 38.0 Å². The predicted octanol–water partition coefficient (Wildman–Crippen LogP) is 3.79. The minimum atomic E-state index is -1.22. The van der Waals surface area contributed by atoms with E-state index in [9.17, 15) is 19.5 Å². The SMILES string of the molecule is CC12CCC(COCC(=O)OC3C(=O)CCC3=O)C=C1CCC1C2CCC2(C)C(O)CCC12. The van der Waals surface area contributed by atoms with Gasteiger partial charge in [0.25, 0.3) is 0 Å². The van der Waals surface area contributed by atoms with E-state index in [1.165, 1.54) is 19.3 Å². The molecule has 4 saturated carbocycles. The summed E-state index contributed by atoms with van der Waals surface area (Å²) in [5, 5.41) is 10.6. The summed E-state index contributed by atoms with van der Waals surface area (Å²) in [6.45, 7) is 5.04. The fourth-order valence-corrected chi connectivity index (χ4v) is 8.18. The number of carbonyl (C=O) groups excluding carboxylic acids is 3. The first kappa shape index (κ1) is 23.2. The summed E-state index contributed by atoms with van der Waals surface area (Å²) in [6.07, 6.45) is 10.4. The number of carbonyl (C=O) groups is 3. The fourth-order valence-electron chi connectivity index (χ4n) is 8.18. The molecule has 5 rings (SSSR count). The minimum absolute atomic E-state index is 0.117. The van der Waals surface area contributed by atoms with Crippen LogP contribution in [-0.4, -0.2) is 48.1 Å². The van der Waals surface area contributed by atoms with E-state index in [1.54, 1.807) is 5.57 Å². The Morgan fingerprint density at radius 1 is 1.00 bits per heavy atom. The van der Waals surface area contributed by atoms with Crippen LogP contribution < -0.4 is 0 Å². The normalized spacial score (nSPS) is 43.0. The molecule has 0 aromatic rings. The van der Waals surface area contributed by atoms with Gasteiger partial charge in [-0.1, -0.05) is 25.5 Å². The van der Waals surface area contributed by atoms with Crippen molar-refractivity contribution in [2.75, 3.05) is 13.2 Å². The number of esters is 1. The van der Waals surface area contributed by atoms with E-state index in [2.05, 4.69) is 19.9 Å². The molecule has 0 heterocycles. The number of ketones is 2. The molecule has 5 aliphatic carbocycles. The van der Waals surface area contributed by atoms with Crippen molar-refractivity contribution in [2.45, 2.75) is 90.3 Å². The maximum Gasteiger partial charge on any atom is 0.333 e. The van der Waals surface area contributed by atoms with Crippen LogP contribution in [0, 0.1) is 34.5 Å². The Morgan fingerprint density at radius 3 is 2.52 bits per heavy atom. The first-order valence-electron chi connectivity index (χ1n) is 12.9. The van der Waals surface area contributed by atoms with Crippen molar-refractivity contribution in [3.63, 3.8) is 0 Å². The summed E-state index contributed by atoms with van der Waals surface area (Å²) in [7, 11) is 0. The fraction of sp³-hybridized carbons (Fsp3) is 0.815. The number of hydrogen-bond donors (Lipinski definition) is 1. The zero-order chi connectivity index (χ0) is 23.4. The van der Waals surface area contributed by atoms with E-state index in [0.29, 0.717) is 18.4 Å². The number of ether oxygens (including phenoxy) is 2. The van der Waals surface area contributed by atoms with Gasteiger partial charge in [-0.2, -0.15) is 0 Å². The molecule has 0 aliphatic heterocycles. The first-order valence-corrected chi connectivity index (χ1v) is 12.9. The smallest absolute Gasteiger partial charge is 0.333 e. The second-order valence-corrected chi connectivity index (χ2v) is 11.8. The molecule has 182 valence electrons. The molecule has 6 heteroatoms. The van der Waals surface area contributed by atoms with Crippen molar-refractivity contribution in [1.29, 1.82) is 0 Å². The second kappa shape index (κ2) is 8.60. The van der Waals surface area contributed by atoms with Crippen molar-refractivity contribution >= 4 is 17.5 Å². The van der Waals surface area contributed by atoms with Crippen LogP contribution in [0.1, 0.15) is 78.1 Å². The highest BCUT2D eigenvalue weighted by Crippen LogP contribution is 2.65. The molecular formula is C27H38O6. The number of aliphatic hydroxyl groups is 1. The molecule has 6 nitrogen and oxygen atoms in total. The predicted molar refractivity (Wildman–Crippen MR) is 121 cm³/mol. The number of allylic oxidation sites excluding steroid dienone is 1. The number of hydrogen-bond acceptors (Lipinski definition) is 6. The summed E-state index contributed by atoms with van der Waals surface area (Å²) in [6, 6.07) is 0. The Labute approximate surface area is 196 Å². The van der Waals surface area contributed by atoms with Crippen molar-refractivity contribution in [2.24, 2.45) is 34.5 Å². The van der Waals surface area contributed by atoms with E-state index in [4.69, 9.17) is 9.47 Å². The molecule has 7 unspecified atom stereocenters. The van der Waals surface area contributed by atoms with Gasteiger partial charge in [0.2, 0.25) is 6.10 Å². The van der Waals surface area contributed by atoms with Crippen LogP contribution >= 0.6 is 0 Å². The van der Waals surface area contributed by atoms with Crippen LogP contribution in [-0.2, 0) is 23.9 Å². The van der Waals surface area contributed by atoms with E-state index < -0.39 is 12.1 Å². The monoisotopic (exact) mass is 458 g/mol. The Bertz CT molecular complexity index is 847. The lowest BCUT2D eigenvalue weighted by atomic mass is 9.47. The highest BCUT2D eigenvalue weighted by molar-refractivity contribution is 6.12. The van der Waals surface area contributed by atoms with Crippen LogP contribution in [0.2, 0.25) is 0 Å². The largest absolute Gasteiger partial charge is 0.445 e. The molecule has 0 radical (unpaired) electrons. The van der Waals surface area contributed by atoms with Crippen LogP contribution in [0.5, 0.6) is 0 Å². The summed E-state index contributed by atoms with van der Waals surface area (Å²) >= 11 is 0. The van der Waals surface area contributed by atoms with Gasteiger partial charge >= 0.3 is 5.97 Å². The second-order valence-electron chi connectivity index (χ2n) is 11.8. The van der Waals surface area contributed by atoms with Crippen LogP contribution in [0.15, 0.2) is 11.6 Å². The third-order valence-electron chi connectivity index (χ3n) is 10.2. The number of aliphatic hydroxyl groups excluding tert-OH is 1. The van der Waals surface area contributed by atoms with Gasteiger partial charge in [0, 0.05) is 18.8 Å². The van der Waals surface area contributed by atoms with Gasteiger partial charge in [0.15, 0.2) is 11.6 Å². The summed E-state index contributed by atoms with van der Waals surface area (Å²) in [4.78, 5) is 35.3. The molecular weight excluding hydrogens is 420 g/mol. The van der Waals surface area contributed by atoms with Crippen molar-refractivity contribution in [1.82, 2.24) is 0 Å². The van der Waals surface area contributed by atoms with Gasteiger partial charge in [-0.25, -0.2) is 4.79 Å². The lowest BCUT2D eigenvalue weighted by Gasteiger charge is -2.58. The van der Waals surface area contributed by atoms with Crippen LogP contribution in [0.3, 0.4) is 0 Å². The molecule has 7 atom stereocenters. The lowest BCUT2D eigenvalue weighted by molar-refractivity contribution is -0.161. The molecule has 0 spiro atoms. The third kappa shape index (κ3) is 3.91. The maximum atomic E-state index is 12.0. The Balaban J connectivity index is 1.17. The zero-order valence-corrected chi connectivity index (χ0v) is 20.0. The molecule has 5 aliphatic rings. The Kier molecular flexibility index (Phi) is 6.05. The van der Waals surface area contributed by atoms with Crippen molar-refractivity contribution < 1.29 is 29.0 Å². The zero-order valence-electron chi connectivity index (χ0n) is 20.0. The molecule has 0 aromatic heterocycles. The summed E-state index contributed by atoms with van der Waals surface area (Å²) < 4.78 is 10.7. The lowest BCUT2D eigenvalue weighted by Crippen LogP contribution is -2.51. The quantitative estimate of drug-likeness (QED) is 0.383. The van der Waals surface area contributed by atoms with Gasteiger partial charge in [-0.15, -0.1) is 0 Å². The maximum absolute atomic E-state index is 12.0. The summed E-state index contributed by atoms with van der Waals surface area (Å²) in [5.74, 6) is 1.13.